The minimum atomic E-state index is -0.0855. The van der Waals surface area contributed by atoms with Gasteiger partial charge in [-0.05, 0) is 47.4 Å². The van der Waals surface area contributed by atoms with Crippen LogP contribution in [-0.2, 0) is 0 Å². The predicted octanol–water partition coefficient (Wildman–Crippen LogP) is 4.69. The van der Waals surface area contributed by atoms with E-state index in [2.05, 4.69) is 24.4 Å². The van der Waals surface area contributed by atoms with Crippen LogP contribution in [0.15, 0.2) is 66.7 Å². The second-order valence-electron chi connectivity index (χ2n) is 6.95. The quantitative estimate of drug-likeness (QED) is 0.729. The zero-order valence-corrected chi connectivity index (χ0v) is 14.3. The van der Waals surface area contributed by atoms with Crippen LogP contribution < -0.4 is 11.1 Å². The maximum Gasteiger partial charge on any atom is 0.256 e. The van der Waals surface area contributed by atoms with Crippen molar-refractivity contribution in [2.24, 2.45) is 5.73 Å². The van der Waals surface area contributed by atoms with E-state index in [0.29, 0.717) is 11.5 Å². The number of hydrogen-bond donors (Lipinski definition) is 2. The van der Waals surface area contributed by atoms with Crippen LogP contribution in [0.25, 0.3) is 10.8 Å². The van der Waals surface area contributed by atoms with Gasteiger partial charge in [0, 0.05) is 22.7 Å². The molecule has 0 radical (unpaired) electrons. The summed E-state index contributed by atoms with van der Waals surface area (Å²) in [6, 6.07) is 21.8. The Balaban J connectivity index is 1.53. The summed E-state index contributed by atoms with van der Waals surface area (Å²) >= 11 is 0. The Morgan fingerprint density at radius 3 is 2.52 bits per heavy atom. The van der Waals surface area contributed by atoms with Gasteiger partial charge in [-0.25, -0.2) is 0 Å². The molecule has 4 rings (SSSR count). The Labute approximate surface area is 147 Å². The Morgan fingerprint density at radius 1 is 1.08 bits per heavy atom. The Kier molecular flexibility index (Phi) is 3.81. The fraction of sp³-hybridized carbons (Fsp3) is 0.227. The van der Waals surface area contributed by atoms with Gasteiger partial charge in [-0.3, -0.25) is 4.79 Å². The molecule has 0 unspecified atom stereocenters. The number of anilines is 1. The lowest BCUT2D eigenvalue weighted by atomic mass is 10.0. The van der Waals surface area contributed by atoms with Crippen LogP contribution in [0.1, 0.15) is 41.6 Å². The van der Waals surface area contributed by atoms with E-state index in [4.69, 9.17) is 5.73 Å². The molecular formula is C22H22N2O. The smallest absolute Gasteiger partial charge is 0.256 e. The molecular weight excluding hydrogens is 308 g/mol. The molecule has 3 N–H and O–H groups in total. The Hall–Kier alpha value is -2.65. The minimum Gasteiger partial charge on any atom is -0.325 e. The zero-order chi connectivity index (χ0) is 17.4. The summed E-state index contributed by atoms with van der Waals surface area (Å²) in [7, 11) is 0. The third-order valence-corrected chi connectivity index (χ3v) is 5.38. The van der Waals surface area contributed by atoms with E-state index in [0.717, 1.165) is 29.3 Å². The van der Waals surface area contributed by atoms with Gasteiger partial charge in [0.25, 0.3) is 5.91 Å². The number of fused-ring (bicyclic) bond motifs is 1. The highest BCUT2D eigenvalue weighted by Crippen LogP contribution is 2.51. The molecule has 126 valence electrons. The summed E-state index contributed by atoms with van der Waals surface area (Å²) in [6.45, 7) is 2.14. The number of carbonyl (C=O) groups excluding carboxylic acids is 1. The lowest BCUT2D eigenvalue weighted by molar-refractivity contribution is 0.102. The summed E-state index contributed by atoms with van der Waals surface area (Å²) in [5.41, 5.74) is 9.02. The van der Waals surface area contributed by atoms with Crippen LogP contribution in [0.4, 0.5) is 5.69 Å². The normalized spacial score (nSPS) is 21.9. The van der Waals surface area contributed by atoms with Crippen LogP contribution in [-0.4, -0.2) is 11.4 Å². The van der Waals surface area contributed by atoms with Crippen molar-refractivity contribution in [1.82, 2.24) is 0 Å². The van der Waals surface area contributed by atoms with Crippen molar-refractivity contribution in [2.45, 2.75) is 31.2 Å². The van der Waals surface area contributed by atoms with E-state index < -0.39 is 0 Å². The third kappa shape index (κ3) is 2.92. The summed E-state index contributed by atoms with van der Waals surface area (Å²) in [5.74, 6) is 0.359. The second kappa shape index (κ2) is 6.01. The first-order valence-corrected chi connectivity index (χ1v) is 8.79. The van der Waals surface area contributed by atoms with Crippen LogP contribution in [0, 0.1) is 0 Å². The third-order valence-electron chi connectivity index (χ3n) is 5.38. The SMILES string of the molecule is CC[C@@]1(N)C[C@H]1c1ccc(NC(=O)c2cccc3ccccc23)cc1. The van der Waals surface area contributed by atoms with Crippen LogP contribution in [0.5, 0.6) is 0 Å². The summed E-state index contributed by atoms with van der Waals surface area (Å²) in [6.07, 6.45) is 2.04. The molecule has 3 aromatic rings. The molecule has 1 saturated carbocycles. The van der Waals surface area contributed by atoms with Gasteiger partial charge in [0.15, 0.2) is 0 Å². The highest BCUT2D eigenvalue weighted by Gasteiger charge is 2.49. The molecule has 0 aromatic heterocycles. The molecule has 3 aromatic carbocycles. The van der Waals surface area contributed by atoms with E-state index in [1.54, 1.807) is 0 Å². The molecule has 0 saturated heterocycles. The predicted molar refractivity (Wildman–Crippen MR) is 103 cm³/mol. The number of rotatable bonds is 4. The van der Waals surface area contributed by atoms with Crippen molar-refractivity contribution in [3.8, 4) is 0 Å². The Bertz CT molecular complexity index is 927. The van der Waals surface area contributed by atoms with E-state index in [9.17, 15) is 4.79 Å². The highest BCUT2D eigenvalue weighted by atomic mass is 16.1. The fourth-order valence-electron chi connectivity index (χ4n) is 3.58. The van der Waals surface area contributed by atoms with Crippen molar-refractivity contribution >= 4 is 22.4 Å². The average Bonchev–Trinajstić information content (AvgIpc) is 3.34. The molecule has 1 aliphatic carbocycles. The maximum atomic E-state index is 12.7. The van der Waals surface area contributed by atoms with E-state index >= 15 is 0 Å². The number of benzene rings is 3. The molecule has 0 heterocycles. The van der Waals surface area contributed by atoms with Gasteiger partial charge in [-0.15, -0.1) is 0 Å². The van der Waals surface area contributed by atoms with E-state index in [1.165, 1.54) is 5.56 Å². The average molecular weight is 330 g/mol. The molecule has 25 heavy (non-hydrogen) atoms. The van der Waals surface area contributed by atoms with Gasteiger partial charge >= 0.3 is 0 Å². The van der Waals surface area contributed by atoms with Gasteiger partial charge in [-0.2, -0.15) is 0 Å². The van der Waals surface area contributed by atoms with Gasteiger partial charge in [0.2, 0.25) is 0 Å². The summed E-state index contributed by atoms with van der Waals surface area (Å²) in [4.78, 5) is 12.7. The van der Waals surface area contributed by atoms with Gasteiger partial charge in [0.1, 0.15) is 0 Å². The van der Waals surface area contributed by atoms with Gasteiger partial charge < -0.3 is 11.1 Å². The van der Waals surface area contributed by atoms with Crippen molar-refractivity contribution in [2.75, 3.05) is 5.32 Å². The topological polar surface area (TPSA) is 55.1 Å². The first kappa shape index (κ1) is 15.9. The van der Waals surface area contributed by atoms with Crippen molar-refractivity contribution in [1.29, 1.82) is 0 Å². The molecule has 1 fully saturated rings. The molecule has 0 bridgehead atoms. The van der Waals surface area contributed by atoms with E-state index in [-0.39, 0.29) is 11.4 Å². The standard InChI is InChI=1S/C22H22N2O/c1-2-22(23)14-20(22)16-10-12-17(13-11-16)24-21(25)19-9-5-7-15-6-3-4-8-18(15)19/h3-13,20H,2,14,23H2,1H3,(H,24,25)/t20-,22+/m0/s1. The van der Waals surface area contributed by atoms with Crippen molar-refractivity contribution in [3.05, 3.63) is 77.9 Å². The largest absolute Gasteiger partial charge is 0.325 e. The number of amides is 1. The first-order valence-electron chi connectivity index (χ1n) is 8.79. The summed E-state index contributed by atoms with van der Waals surface area (Å²) in [5, 5.41) is 5.03. The number of nitrogens with two attached hydrogens (primary N) is 1. The molecule has 3 heteroatoms. The maximum absolute atomic E-state index is 12.7. The van der Waals surface area contributed by atoms with Crippen LogP contribution >= 0.6 is 0 Å². The molecule has 3 nitrogen and oxygen atoms in total. The van der Waals surface area contributed by atoms with Crippen molar-refractivity contribution < 1.29 is 4.79 Å². The minimum absolute atomic E-state index is 0.0340. The second-order valence-corrected chi connectivity index (χ2v) is 6.95. The molecule has 2 atom stereocenters. The first-order chi connectivity index (χ1) is 12.1. The Morgan fingerprint density at radius 2 is 1.80 bits per heavy atom. The lowest BCUT2D eigenvalue weighted by Crippen LogP contribution is -2.22. The van der Waals surface area contributed by atoms with Gasteiger partial charge in [-0.1, -0.05) is 55.5 Å². The number of hydrogen-bond acceptors (Lipinski definition) is 2. The molecule has 0 aliphatic heterocycles. The fourth-order valence-corrected chi connectivity index (χ4v) is 3.58. The number of carbonyl (C=O) groups is 1. The summed E-state index contributed by atoms with van der Waals surface area (Å²) < 4.78 is 0. The molecule has 1 aliphatic rings. The van der Waals surface area contributed by atoms with Crippen molar-refractivity contribution in [3.63, 3.8) is 0 Å². The monoisotopic (exact) mass is 330 g/mol. The zero-order valence-electron chi connectivity index (χ0n) is 14.3. The molecule has 1 amide bonds. The van der Waals surface area contributed by atoms with E-state index in [1.807, 2.05) is 54.6 Å². The molecule has 0 spiro atoms. The van der Waals surface area contributed by atoms with Crippen LogP contribution in [0.3, 0.4) is 0 Å². The number of nitrogens with one attached hydrogen (secondary N) is 1. The van der Waals surface area contributed by atoms with Gasteiger partial charge in [0.05, 0.1) is 0 Å². The van der Waals surface area contributed by atoms with Crippen LogP contribution in [0.2, 0.25) is 0 Å². The lowest BCUT2D eigenvalue weighted by Gasteiger charge is -2.10. The highest BCUT2D eigenvalue weighted by molar-refractivity contribution is 6.12.